The number of rotatable bonds is 9. The predicted molar refractivity (Wildman–Crippen MR) is 149 cm³/mol. The van der Waals surface area contributed by atoms with Gasteiger partial charge in [-0.15, -0.1) is 0 Å². The fourth-order valence-electron chi connectivity index (χ4n) is 4.24. The molecule has 0 fully saturated rings. The minimum atomic E-state index is -0.112. The van der Waals surface area contributed by atoms with Crippen LogP contribution in [0.25, 0.3) is 16.6 Å². The maximum atomic E-state index is 13.0. The molecule has 36 heavy (non-hydrogen) atoms. The summed E-state index contributed by atoms with van der Waals surface area (Å²) < 4.78 is 2.07. The van der Waals surface area contributed by atoms with E-state index in [4.69, 9.17) is 5.41 Å². The number of carbonyl (C=O) groups excluding carboxylic acids is 1. The number of imidazole rings is 1. The summed E-state index contributed by atoms with van der Waals surface area (Å²) in [6.45, 7) is 10.7. The van der Waals surface area contributed by atoms with Crippen LogP contribution in [0.1, 0.15) is 65.3 Å². The lowest BCUT2D eigenvalue weighted by molar-refractivity contribution is 0.0940. The Kier molecular flexibility index (Phi) is 7.59. The zero-order valence-corrected chi connectivity index (χ0v) is 21.0. The van der Waals surface area contributed by atoms with Crippen LogP contribution in [0.5, 0.6) is 0 Å². The molecule has 1 aromatic heterocycles. The summed E-state index contributed by atoms with van der Waals surface area (Å²) in [5.74, 6) is 0.329. The van der Waals surface area contributed by atoms with Crippen LogP contribution in [0.2, 0.25) is 0 Å². The molecule has 2 N–H and O–H groups in total. The zero-order valence-electron chi connectivity index (χ0n) is 21.0. The average molecular weight is 477 g/mol. The lowest BCUT2D eigenvalue weighted by Gasteiger charge is -2.16. The molecule has 0 aliphatic rings. The molecule has 0 spiro atoms. The molecule has 182 valence electrons. The van der Waals surface area contributed by atoms with Gasteiger partial charge in [-0.1, -0.05) is 81.1 Å². The lowest BCUT2D eigenvalue weighted by Crippen LogP contribution is -2.26. The van der Waals surface area contributed by atoms with Gasteiger partial charge in [0.05, 0.1) is 23.4 Å². The van der Waals surface area contributed by atoms with Gasteiger partial charge >= 0.3 is 0 Å². The number of benzene rings is 3. The first kappa shape index (κ1) is 24.9. The SMILES string of the molecule is C=C/C=C(\C=N)c1ccc(Cn2cnc3cc(C(=O)N[C@@H](C)c4cccc(C(C)C)c4)ccc32)cc1. The van der Waals surface area contributed by atoms with Gasteiger partial charge in [0.15, 0.2) is 0 Å². The highest BCUT2D eigenvalue weighted by molar-refractivity contribution is 6.08. The van der Waals surface area contributed by atoms with Crippen LogP contribution in [-0.4, -0.2) is 21.7 Å². The average Bonchev–Trinajstić information content (AvgIpc) is 3.29. The Balaban J connectivity index is 1.47. The van der Waals surface area contributed by atoms with E-state index in [1.54, 1.807) is 12.4 Å². The molecule has 1 atom stereocenters. The van der Waals surface area contributed by atoms with E-state index in [0.29, 0.717) is 18.0 Å². The van der Waals surface area contributed by atoms with E-state index in [1.165, 1.54) is 11.8 Å². The minimum absolute atomic E-state index is 0.0954. The standard InChI is InChI=1S/C31H32N4O/c1-5-7-28(18-32)24-12-10-23(11-13-24)19-35-20-33-29-17-27(14-15-30(29)35)31(36)34-22(4)26-9-6-8-25(16-26)21(2)3/h5-18,20-22,32H,1,19H2,2-4H3,(H,34,36)/b28-7+,32-18?/t22-/m0/s1. The van der Waals surface area contributed by atoms with Crippen LogP contribution in [0.15, 0.2) is 91.8 Å². The largest absolute Gasteiger partial charge is 0.346 e. The van der Waals surface area contributed by atoms with Gasteiger partial charge in [0, 0.05) is 18.3 Å². The highest BCUT2D eigenvalue weighted by atomic mass is 16.1. The van der Waals surface area contributed by atoms with Crippen LogP contribution in [0, 0.1) is 5.41 Å². The molecule has 5 heteroatoms. The van der Waals surface area contributed by atoms with E-state index in [2.05, 4.69) is 65.6 Å². The summed E-state index contributed by atoms with van der Waals surface area (Å²) in [6.07, 6.45) is 6.65. The number of hydrogen-bond acceptors (Lipinski definition) is 3. The van der Waals surface area contributed by atoms with Crippen molar-refractivity contribution in [1.82, 2.24) is 14.9 Å². The van der Waals surface area contributed by atoms with E-state index in [0.717, 1.165) is 33.3 Å². The summed E-state index contributed by atoms with van der Waals surface area (Å²) in [4.78, 5) is 17.5. The zero-order chi connectivity index (χ0) is 25.7. The van der Waals surface area contributed by atoms with Crippen molar-refractivity contribution in [3.8, 4) is 0 Å². The molecule has 3 aromatic carbocycles. The third kappa shape index (κ3) is 5.52. The summed E-state index contributed by atoms with van der Waals surface area (Å²) in [5.41, 5.74) is 7.63. The Morgan fingerprint density at radius 3 is 2.44 bits per heavy atom. The molecule has 0 saturated carbocycles. The number of nitrogens with zero attached hydrogens (tertiary/aromatic N) is 2. The normalized spacial score (nSPS) is 12.5. The summed E-state index contributed by atoms with van der Waals surface area (Å²) >= 11 is 0. The van der Waals surface area contributed by atoms with E-state index < -0.39 is 0 Å². The fraction of sp³-hybridized carbons (Fsp3) is 0.194. The summed E-state index contributed by atoms with van der Waals surface area (Å²) in [7, 11) is 0. The highest BCUT2D eigenvalue weighted by Gasteiger charge is 2.14. The predicted octanol–water partition coefficient (Wildman–Crippen LogP) is 6.92. The van der Waals surface area contributed by atoms with Gasteiger partial charge in [-0.2, -0.15) is 0 Å². The maximum absolute atomic E-state index is 13.0. The Labute approximate surface area is 212 Å². The molecule has 0 saturated heterocycles. The maximum Gasteiger partial charge on any atom is 0.251 e. The number of aromatic nitrogens is 2. The first-order chi connectivity index (χ1) is 17.4. The number of carbonyl (C=O) groups is 1. The second-order valence-electron chi connectivity index (χ2n) is 9.29. The van der Waals surface area contributed by atoms with Gasteiger partial charge < -0.3 is 15.3 Å². The van der Waals surface area contributed by atoms with Crippen molar-refractivity contribution in [1.29, 1.82) is 5.41 Å². The number of hydrogen-bond donors (Lipinski definition) is 2. The van der Waals surface area contributed by atoms with Gasteiger partial charge in [-0.3, -0.25) is 4.79 Å². The molecule has 0 unspecified atom stereocenters. The van der Waals surface area contributed by atoms with Gasteiger partial charge in [-0.25, -0.2) is 4.98 Å². The molecule has 1 heterocycles. The van der Waals surface area contributed by atoms with E-state index in [-0.39, 0.29) is 11.9 Å². The second kappa shape index (κ2) is 11.0. The smallest absolute Gasteiger partial charge is 0.251 e. The first-order valence-electron chi connectivity index (χ1n) is 12.2. The third-order valence-corrected chi connectivity index (χ3v) is 6.40. The third-order valence-electron chi connectivity index (χ3n) is 6.40. The summed E-state index contributed by atoms with van der Waals surface area (Å²) in [5, 5.41) is 10.7. The van der Waals surface area contributed by atoms with E-state index >= 15 is 0 Å². The second-order valence-corrected chi connectivity index (χ2v) is 9.29. The Morgan fingerprint density at radius 2 is 1.75 bits per heavy atom. The van der Waals surface area contributed by atoms with Crippen molar-refractivity contribution in [2.24, 2.45) is 0 Å². The molecule has 0 aliphatic heterocycles. The van der Waals surface area contributed by atoms with Crippen LogP contribution in [0.4, 0.5) is 0 Å². The van der Waals surface area contributed by atoms with Crippen LogP contribution >= 0.6 is 0 Å². The van der Waals surface area contributed by atoms with E-state index in [9.17, 15) is 4.79 Å². The molecule has 4 aromatic rings. The van der Waals surface area contributed by atoms with Crippen molar-refractivity contribution < 1.29 is 4.79 Å². The monoisotopic (exact) mass is 476 g/mol. The molecular weight excluding hydrogens is 444 g/mol. The number of nitrogens with one attached hydrogen (secondary N) is 2. The van der Waals surface area contributed by atoms with Gasteiger partial charge in [0.2, 0.25) is 0 Å². The first-order valence-corrected chi connectivity index (χ1v) is 12.2. The lowest BCUT2D eigenvalue weighted by atomic mass is 9.98. The molecule has 1 amide bonds. The van der Waals surface area contributed by atoms with Crippen molar-refractivity contribution in [2.75, 3.05) is 0 Å². The molecule has 5 nitrogen and oxygen atoms in total. The Morgan fingerprint density at radius 1 is 1.03 bits per heavy atom. The van der Waals surface area contributed by atoms with Crippen LogP contribution in [-0.2, 0) is 6.54 Å². The van der Waals surface area contributed by atoms with Gasteiger partial charge in [-0.05, 0) is 58.9 Å². The topological polar surface area (TPSA) is 70.8 Å². The number of fused-ring (bicyclic) bond motifs is 1. The molecule has 0 bridgehead atoms. The van der Waals surface area contributed by atoms with Crippen molar-refractivity contribution in [3.63, 3.8) is 0 Å². The van der Waals surface area contributed by atoms with Crippen molar-refractivity contribution in [2.45, 2.75) is 39.3 Å². The van der Waals surface area contributed by atoms with Gasteiger partial charge in [0.25, 0.3) is 5.91 Å². The van der Waals surface area contributed by atoms with Gasteiger partial charge in [0.1, 0.15) is 0 Å². The number of allylic oxidation sites excluding steroid dienone is 3. The Bertz CT molecular complexity index is 1430. The van der Waals surface area contributed by atoms with E-state index in [1.807, 2.05) is 49.4 Å². The quantitative estimate of drug-likeness (QED) is 0.203. The Hall–Kier alpha value is -4.25. The highest BCUT2D eigenvalue weighted by Crippen LogP contribution is 2.22. The van der Waals surface area contributed by atoms with Crippen LogP contribution in [0.3, 0.4) is 0 Å². The van der Waals surface area contributed by atoms with Crippen molar-refractivity contribution >= 4 is 28.7 Å². The fourth-order valence-corrected chi connectivity index (χ4v) is 4.24. The number of amides is 1. The molecule has 4 rings (SSSR count). The minimum Gasteiger partial charge on any atom is -0.346 e. The van der Waals surface area contributed by atoms with Crippen molar-refractivity contribution in [3.05, 3.63) is 120 Å². The summed E-state index contributed by atoms with van der Waals surface area (Å²) in [6, 6.07) is 22.1. The molecular formula is C31H32N4O. The van der Waals surface area contributed by atoms with Crippen LogP contribution < -0.4 is 5.32 Å². The molecule has 0 radical (unpaired) electrons. The molecule has 0 aliphatic carbocycles.